The predicted molar refractivity (Wildman–Crippen MR) is 134 cm³/mol. The van der Waals surface area contributed by atoms with Gasteiger partial charge in [-0.3, -0.25) is 10.0 Å². The molecule has 2 aliphatic heterocycles. The van der Waals surface area contributed by atoms with E-state index in [9.17, 15) is 18.4 Å². The van der Waals surface area contributed by atoms with E-state index in [1.165, 1.54) is 4.31 Å². The number of hydroxylamine groups is 1. The van der Waals surface area contributed by atoms with Crippen molar-refractivity contribution in [2.24, 2.45) is 5.92 Å². The van der Waals surface area contributed by atoms with Crippen molar-refractivity contribution in [2.45, 2.75) is 37.9 Å². The Morgan fingerprint density at radius 3 is 2.23 bits per heavy atom. The van der Waals surface area contributed by atoms with Crippen molar-refractivity contribution >= 4 is 21.6 Å². The number of nitrogens with one attached hydrogen (secondary N) is 1. The van der Waals surface area contributed by atoms with Crippen LogP contribution in [0.25, 0.3) is 0 Å². The van der Waals surface area contributed by atoms with Crippen LogP contribution in [0.15, 0.2) is 24.3 Å². The largest absolute Gasteiger partial charge is 0.494 e. The highest BCUT2D eigenvalue weighted by Crippen LogP contribution is 2.34. The maximum atomic E-state index is 13.7. The molecule has 10 nitrogen and oxygen atoms in total. The summed E-state index contributed by atoms with van der Waals surface area (Å²) < 4.78 is 38.0. The summed E-state index contributed by atoms with van der Waals surface area (Å²) in [6.07, 6.45) is 1.26. The maximum absolute atomic E-state index is 13.7. The highest BCUT2D eigenvalue weighted by atomic mass is 32.2. The van der Waals surface area contributed by atoms with Crippen LogP contribution >= 0.6 is 0 Å². The number of benzene rings is 1. The summed E-state index contributed by atoms with van der Waals surface area (Å²) in [5, 5.41) is 9.38. The number of methoxy groups -OCH3 is 1. The van der Waals surface area contributed by atoms with Crippen molar-refractivity contribution in [3.8, 4) is 5.75 Å². The second-order valence-corrected chi connectivity index (χ2v) is 11.9. The molecule has 0 radical (unpaired) electrons. The molecule has 0 spiro atoms. The lowest BCUT2D eigenvalue weighted by Crippen LogP contribution is -2.63. The summed E-state index contributed by atoms with van der Waals surface area (Å²) in [5.41, 5.74) is 2.64. The second-order valence-electron chi connectivity index (χ2n) is 9.69. The number of amides is 1. The van der Waals surface area contributed by atoms with Gasteiger partial charge in [-0.2, -0.15) is 4.31 Å². The van der Waals surface area contributed by atoms with Crippen LogP contribution in [0.2, 0.25) is 0 Å². The van der Waals surface area contributed by atoms with Gasteiger partial charge in [0, 0.05) is 58.6 Å². The summed E-state index contributed by atoms with van der Waals surface area (Å²) in [6.45, 7) is 8.71. The van der Waals surface area contributed by atoms with Crippen LogP contribution in [-0.4, -0.2) is 99.6 Å². The predicted octanol–water partition coefficient (Wildman–Crippen LogP) is 1.55. The number of rotatable bonds is 11. The normalized spacial score (nSPS) is 19.6. The minimum absolute atomic E-state index is 0.129. The van der Waals surface area contributed by atoms with Crippen molar-refractivity contribution in [1.82, 2.24) is 14.7 Å². The summed E-state index contributed by atoms with van der Waals surface area (Å²) in [7, 11) is -2.36. The number of ether oxygens (including phenoxy) is 2. The Morgan fingerprint density at radius 1 is 1.06 bits per heavy atom. The Hall–Kier alpha value is -1.92. The van der Waals surface area contributed by atoms with Crippen LogP contribution in [-0.2, 0) is 19.6 Å². The Labute approximate surface area is 209 Å². The van der Waals surface area contributed by atoms with Crippen molar-refractivity contribution in [2.75, 3.05) is 71.0 Å². The van der Waals surface area contributed by atoms with Crippen LogP contribution in [0.3, 0.4) is 0 Å². The number of hydrogen-bond acceptors (Lipinski definition) is 8. The van der Waals surface area contributed by atoms with Crippen LogP contribution in [0.5, 0.6) is 5.75 Å². The third kappa shape index (κ3) is 6.45. The SMILES string of the molecule is COCCN1CCC(C(=O)NO)(S(=O)(=O)N2CCN(c3ccc(OCCC(C)C)cc3)CC2)CC1. The lowest BCUT2D eigenvalue weighted by atomic mass is 9.95. The molecular weight excluding hydrogens is 472 g/mol. The van der Waals surface area contributed by atoms with E-state index in [-0.39, 0.29) is 25.9 Å². The molecule has 0 aromatic heterocycles. The zero-order valence-electron chi connectivity index (χ0n) is 21.1. The van der Waals surface area contributed by atoms with Gasteiger partial charge in [-0.1, -0.05) is 13.8 Å². The van der Waals surface area contributed by atoms with Gasteiger partial charge in [-0.25, -0.2) is 13.9 Å². The van der Waals surface area contributed by atoms with Gasteiger partial charge in [-0.15, -0.1) is 0 Å². The third-order valence-electron chi connectivity index (χ3n) is 7.03. The first-order valence-electron chi connectivity index (χ1n) is 12.4. The van der Waals surface area contributed by atoms with Crippen LogP contribution in [0.4, 0.5) is 5.69 Å². The van der Waals surface area contributed by atoms with Crippen molar-refractivity contribution < 1.29 is 27.9 Å². The van der Waals surface area contributed by atoms with E-state index in [0.29, 0.717) is 51.9 Å². The van der Waals surface area contributed by atoms with E-state index in [4.69, 9.17) is 9.47 Å². The molecule has 1 aromatic rings. The van der Waals surface area contributed by atoms with E-state index in [0.717, 1.165) is 17.9 Å². The number of carbonyl (C=O) groups excluding carboxylic acids is 1. The third-order valence-corrected chi connectivity index (χ3v) is 9.66. The van der Waals surface area contributed by atoms with Crippen LogP contribution in [0, 0.1) is 5.92 Å². The Balaban J connectivity index is 1.62. The zero-order chi connectivity index (χ0) is 25.5. The first-order chi connectivity index (χ1) is 16.7. The fourth-order valence-electron chi connectivity index (χ4n) is 4.66. The molecule has 11 heteroatoms. The molecule has 1 amide bonds. The van der Waals surface area contributed by atoms with Gasteiger partial charge in [0.2, 0.25) is 10.0 Å². The molecule has 0 saturated carbocycles. The molecule has 1 aromatic carbocycles. The van der Waals surface area contributed by atoms with E-state index in [1.54, 1.807) is 12.6 Å². The fourth-order valence-corrected chi connectivity index (χ4v) is 6.78. The zero-order valence-corrected chi connectivity index (χ0v) is 21.9. The van der Waals surface area contributed by atoms with E-state index >= 15 is 0 Å². The molecule has 0 aliphatic carbocycles. The standard InChI is InChI=1S/C24H40N4O6S/c1-20(2)8-18-34-22-6-4-21(5-7-22)27-13-15-28(16-14-27)35(31,32)24(23(29)25-30)9-11-26(12-10-24)17-19-33-3/h4-7,20,30H,8-19H2,1-3H3,(H,25,29). The number of likely N-dealkylation sites (tertiary alicyclic amines) is 1. The number of carbonyl (C=O) groups is 1. The van der Waals surface area contributed by atoms with E-state index < -0.39 is 20.7 Å². The van der Waals surface area contributed by atoms with Gasteiger partial charge in [0.25, 0.3) is 5.91 Å². The monoisotopic (exact) mass is 512 g/mol. The summed E-state index contributed by atoms with van der Waals surface area (Å²) in [6, 6.07) is 7.87. The number of hydrogen-bond donors (Lipinski definition) is 2. The van der Waals surface area contributed by atoms with Crippen molar-refractivity contribution in [3.63, 3.8) is 0 Å². The number of piperazine rings is 1. The lowest BCUT2D eigenvalue weighted by Gasteiger charge is -2.44. The minimum Gasteiger partial charge on any atom is -0.494 e. The highest BCUT2D eigenvalue weighted by Gasteiger charge is 2.55. The molecule has 3 rings (SSSR count). The molecular formula is C24H40N4O6S. The Morgan fingerprint density at radius 2 is 1.69 bits per heavy atom. The summed E-state index contributed by atoms with van der Waals surface area (Å²) >= 11 is 0. The van der Waals surface area contributed by atoms with Crippen molar-refractivity contribution in [1.29, 1.82) is 0 Å². The van der Waals surface area contributed by atoms with Gasteiger partial charge in [0.05, 0.1) is 13.2 Å². The molecule has 2 fully saturated rings. The Bertz CT molecular complexity index is 908. The average Bonchev–Trinajstić information content (AvgIpc) is 2.87. The topological polar surface area (TPSA) is 112 Å². The summed E-state index contributed by atoms with van der Waals surface area (Å²) in [5.74, 6) is 0.566. The van der Waals surface area contributed by atoms with E-state index in [2.05, 4.69) is 23.6 Å². The number of piperidine rings is 1. The molecule has 2 aliphatic rings. The number of sulfonamides is 1. The van der Waals surface area contributed by atoms with Crippen molar-refractivity contribution in [3.05, 3.63) is 24.3 Å². The van der Waals surface area contributed by atoms with Crippen LogP contribution < -0.4 is 15.1 Å². The molecule has 2 heterocycles. The minimum atomic E-state index is -3.97. The average molecular weight is 513 g/mol. The lowest BCUT2D eigenvalue weighted by molar-refractivity contribution is -0.133. The number of anilines is 1. The molecule has 0 unspecified atom stereocenters. The molecule has 35 heavy (non-hydrogen) atoms. The van der Waals surface area contributed by atoms with Gasteiger partial charge in [-0.05, 0) is 49.4 Å². The van der Waals surface area contributed by atoms with E-state index in [1.807, 2.05) is 24.3 Å². The highest BCUT2D eigenvalue weighted by molar-refractivity contribution is 7.91. The van der Waals surface area contributed by atoms with Gasteiger partial charge in [0.15, 0.2) is 4.75 Å². The van der Waals surface area contributed by atoms with Gasteiger partial charge >= 0.3 is 0 Å². The first-order valence-corrected chi connectivity index (χ1v) is 13.8. The molecule has 2 saturated heterocycles. The quantitative estimate of drug-likeness (QED) is 0.339. The summed E-state index contributed by atoms with van der Waals surface area (Å²) in [4.78, 5) is 16.9. The fraction of sp³-hybridized carbons (Fsp3) is 0.708. The second kappa shape index (κ2) is 12.4. The maximum Gasteiger partial charge on any atom is 0.266 e. The van der Waals surface area contributed by atoms with Crippen LogP contribution in [0.1, 0.15) is 33.1 Å². The molecule has 0 bridgehead atoms. The molecule has 198 valence electrons. The van der Waals surface area contributed by atoms with Gasteiger partial charge in [0.1, 0.15) is 5.75 Å². The Kier molecular flexibility index (Phi) is 9.77. The smallest absolute Gasteiger partial charge is 0.266 e. The number of nitrogens with zero attached hydrogens (tertiary/aromatic N) is 3. The first kappa shape index (κ1) is 27.7. The molecule has 0 atom stereocenters. The molecule has 2 N–H and O–H groups in total. The van der Waals surface area contributed by atoms with Gasteiger partial charge < -0.3 is 19.3 Å².